The molecule has 0 spiro atoms. The fraction of sp³-hybridized carbons (Fsp3) is 0.281. The van der Waals surface area contributed by atoms with Gasteiger partial charge in [-0.05, 0) is 84.7 Å². The number of esters is 1. The Labute approximate surface area is 243 Å². The first-order chi connectivity index (χ1) is 19.1. The molecule has 4 aromatic rings. The van der Waals surface area contributed by atoms with Crippen LogP contribution in [0.4, 0.5) is 10.7 Å². The van der Waals surface area contributed by atoms with Crippen LogP contribution in [0.25, 0.3) is 11.3 Å². The van der Waals surface area contributed by atoms with Gasteiger partial charge in [-0.15, -0.1) is 11.3 Å². The molecule has 2 heterocycles. The van der Waals surface area contributed by atoms with Crippen LogP contribution in [0.2, 0.25) is 5.02 Å². The second-order valence-electron chi connectivity index (χ2n) is 11.0. The molecule has 5 rings (SSSR count). The highest BCUT2D eigenvalue weighted by molar-refractivity contribution is 7.16. The number of halogens is 1. The second-order valence-corrected chi connectivity index (χ2v) is 12.5. The molecule has 0 saturated carbocycles. The van der Waals surface area contributed by atoms with Gasteiger partial charge in [0, 0.05) is 21.2 Å². The van der Waals surface area contributed by atoms with Crippen molar-refractivity contribution in [3.63, 3.8) is 0 Å². The summed E-state index contributed by atoms with van der Waals surface area (Å²) in [5.41, 5.74) is 3.89. The Balaban J connectivity index is 1.43. The summed E-state index contributed by atoms with van der Waals surface area (Å²) in [4.78, 5) is 31.3. The van der Waals surface area contributed by atoms with Crippen molar-refractivity contribution in [2.24, 2.45) is 16.3 Å². The molecule has 0 unspecified atom stereocenters. The maximum Gasteiger partial charge on any atom is 0.337 e. The number of amides is 1. The molecule has 0 bridgehead atoms. The smallest absolute Gasteiger partial charge is 0.337 e. The number of thiophene rings is 1. The molecule has 0 radical (unpaired) electrons. The number of aliphatic imine (C=N–C) groups is 1. The lowest BCUT2D eigenvalue weighted by atomic mass is 9.72. The van der Waals surface area contributed by atoms with Crippen molar-refractivity contribution in [1.82, 2.24) is 0 Å². The molecule has 2 aromatic carbocycles. The summed E-state index contributed by atoms with van der Waals surface area (Å²) in [7, 11) is 1.36. The third-order valence-corrected chi connectivity index (χ3v) is 8.74. The molecular formula is C32H31ClN2O4S. The van der Waals surface area contributed by atoms with Crippen molar-refractivity contribution in [2.45, 2.75) is 40.0 Å². The van der Waals surface area contributed by atoms with E-state index >= 15 is 0 Å². The third kappa shape index (κ3) is 6.06. The van der Waals surface area contributed by atoms with E-state index in [1.54, 1.807) is 53.9 Å². The summed E-state index contributed by atoms with van der Waals surface area (Å²) < 4.78 is 10.8. The van der Waals surface area contributed by atoms with Crippen molar-refractivity contribution in [3.8, 4) is 11.3 Å². The number of carbonyl (C=O) groups is 2. The zero-order valence-corrected chi connectivity index (χ0v) is 24.5. The molecule has 0 saturated heterocycles. The molecular weight excluding hydrogens is 544 g/mol. The summed E-state index contributed by atoms with van der Waals surface area (Å²) in [6, 6.07) is 17.8. The van der Waals surface area contributed by atoms with E-state index in [0.717, 1.165) is 30.4 Å². The molecule has 2 aromatic heterocycles. The number of nitrogens with one attached hydrogen (secondary N) is 1. The van der Waals surface area contributed by atoms with E-state index in [-0.39, 0.29) is 17.3 Å². The normalized spacial score (nSPS) is 15.2. The quantitative estimate of drug-likeness (QED) is 0.185. The number of methoxy groups -OCH3 is 1. The summed E-state index contributed by atoms with van der Waals surface area (Å²) in [5, 5.41) is 4.31. The highest BCUT2D eigenvalue weighted by atomic mass is 35.5. The van der Waals surface area contributed by atoms with Crippen LogP contribution in [0.1, 0.15) is 64.1 Å². The highest BCUT2D eigenvalue weighted by Crippen LogP contribution is 2.45. The molecule has 1 amide bonds. The lowest BCUT2D eigenvalue weighted by molar-refractivity contribution is 0.0600. The number of hydrogen-bond donors (Lipinski definition) is 1. The SMILES string of the molecule is COC(=O)c1ccc(-c2ccc(C=Nc3sc4c(c3C(=O)Nc3ccc(Cl)cc3)CC[C@@H](C(C)(C)C)C4)o2)cc1. The molecule has 6 nitrogen and oxygen atoms in total. The van der Waals surface area contributed by atoms with Crippen LogP contribution in [0, 0.1) is 11.3 Å². The number of anilines is 1. The first kappa shape index (κ1) is 27.9. The van der Waals surface area contributed by atoms with E-state index in [1.807, 2.05) is 24.3 Å². The Bertz CT molecular complexity index is 1560. The van der Waals surface area contributed by atoms with Gasteiger partial charge in [-0.25, -0.2) is 9.79 Å². The predicted molar refractivity (Wildman–Crippen MR) is 161 cm³/mol. The van der Waals surface area contributed by atoms with Gasteiger partial charge in [-0.3, -0.25) is 4.79 Å². The largest absolute Gasteiger partial charge is 0.465 e. The lowest BCUT2D eigenvalue weighted by Gasteiger charge is -2.33. The van der Waals surface area contributed by atoms with Crippen LogP contribution in [-0.4, -0.2) is 25.2 Å². The lowest BCUT2D eigenvalue weighted by Crippen LogP contribution is -2.27. The number of hydrogen-bond acceptors (Lipinski definition) is 6. The van der Waals surface area contributed by atoms with Gasteiger partial charge < -0.3 is 14.5 Å². The van der Waals surface area contributed by atoms with Crippen molar-refractivity contribution < 1.29 is 18.7 Å². The van der Waals surface area contributed by atoms with E-state index in [2.05, 4.69) is 26.1 Å². The number of ether oxygens (including phenoxy) is 1. The van der Waals surface area contributed by atoms with E-state index in [1.165, 1.54) is 12.0 Å². The molecule has 1 atom stereocenters. The minimum Gasteiger partial charge on any atom is -0.465 e. The van der Waals surface area contributed by atoms with E-state index in [0.29, 0.717) is 44.3 Å². The minimum absolute atomic E-state index is 0.174. The van der Waals surface area contributed by atoms with Crippen LogP contribution in [0.15, 0.2) is 70.1 Å². The van der Waals surface area contributed by atoms with Gasteiger partial charge in [-0.2, -0.15) is 0 Å². The maximum atomic E-state index is 13.6. The summed E-state index contributed by atoms with van der Waals surface area (Å²) in [6.45, 7) is 6.84. The van der Waals surface area contributed by atoms with Crippen molar-refractivity contribution in [1.29, 1.82) is 0 Å². The predicted octanol–water partition coefficient (Wildman–Crippen LogP) is 8.60. The van der Waals surface area contributed by atoms with Crippen LogP contribution < -0.4 is 5.32 Å². The van der Waals surface area contributed by atoms with E-state index in [9.17, 15) is 9.59 Å². The number of rotatable bonds is 6. The summed E-state index contributed by atoms with van der Waals surface area (Å²) >= 11 is 7.61. The van der Waals surface area contributed by atoms with E-state index < -0.39 is 0 Å². The molecule has 8 heteroatoms. The molecule has 0 aliphatic heterocycles. The Hall–Kier alpha value is -3.68. The van der Waals surface area contributed by atoms with Gasteiger partial charge in [0.25, 0.3) is 5.91 Å². The fourth-order valence-corrected chi connectivity index (χ4v) is 6.35. The van der Waals surface area contributed by atoms with Gasteiger partial charge in [0.1, 0.15) is 16.5 Å². The summed E-state index contributed by atoms with van der Waals surface area (Å²) in [5.74, 6) is 1.20. The Morgan fingerprint density at radius 1 is 1.07 bits per heavy atom. The zero-order chi connectivity index (χ0) is 28.4. The van der Waals surface area contributed by atoms with Gasteiger partial charge in [0.15, 0.2) is 0 Å². The number of benzene rings is 2. The monoisotopic (exact) mass is 574 g/mol. The third-order valence-electron chi connectivity index (χ3n) is 7.33. The van der Waals surface area contributed by atoms with Gasteiger partial charge in [0.2, 0.25) is 0 Å². The molecule has 1 aliphatic rings. The number of fused-ring (bicyclic) bond motifs is 1. The Kier molecular flexibility index (Phi) is 7.97. The second kappa shape index (κ2) is 11.4. The van der Waals surface area contributed by atoms with Gasteiger partial charge in [-0.1, -0.05) is 44.5 Å². The Morgan fingerprint density at radius 2 is 1.80 bits per heavy atom. The zero-order valence-electron chi connectivity index (χ0n) is 22.9. The van der Waals surface area contributed by atoms with Gasteiger partial charge >= 0.3 is 5.97 Å². The van der Waals surface area contributed by atoms with Crippen molar-refractivity contribution in [2.75, 3.05) is 12.4 Å². The van der Waals surface area contributed by atoms with Crippen LogP contribution in [-0.2, 0) is 17.6 Å². The standard InChI is InChI=1S/C32H31ClN2O4S/c1-32(2,3)21-9-15-25-27(17-21)40-30(28(25)29(36)35-23-12-10-22(33)11-13-23)34-18-24-14-16-26(39-24)19-5-7-20(8-6-19)31(37)38-4/h5-8,10-14,16,18,21H,9,15,17H2,1-4H3,(H,35,36)/t21-/m1/s1. The van der Waals surface area contributed by atoms with Crippen LogP contribution >= 0.6 is 22.9 Å². The maximum absolute atomic E-state index is 13.6. The number of carbonyl (C=O) groups excluding carboxylic acids is 2. The Morgan fingerprint density at radius 3 is 2.48 bits per heavy atom. The van der Waals surface area contributed by atoms with Crippen LogP contribution in [0.3, 0.4) is 0 Å². The first-order valence-corrected chi connectivity index (χ1v) is 14.4. The minimum atomic E-state index is -0.387. The number of furan rings is 1. The van der Waals surface area contributed by atoms with E-state index in [4.69, 9.17) is 25.7 Å². The molecule has 0 fully saturated rings. The van der Waals surface area contributed by atoms with Crippen molar-refractivity contribution >= 4 is 51.7 Å². The molecule has 1 aliphatic carbocycles. The molecule has 206 valence electrons. The first-order valence-electron chi connectivity index (χ1n) is 13.2. The summed E-state index contributed by atoms with van der Waals surface area (Å²) in [6.07, 6.45) is 4.48. The average Bonchev–Trinajstić information content (AvgIpc) is 3.56. The number of nitrogens with zero attached hydrogens (tertiary/aromatic N) is 1. The highest BCUT2D eigenvalue weighted by Gasteiger charge is 2.33. The average molecular weight is 575 g/mol. The van der Waals surface area contributed by atoms with Gasteiger partial charge in [0.05, 0.1) is 24.5 Å². The van der Waals surface area contributed by atoms with Crippen LogP contribution in [0.5, 0.6) is 0 Å². The molecule has 1 N–H and O–H groups in total. The topological polar surface area (TPSA) is 80.9 Å². The molecule has 40 heavy (non-hydrogen) atoms. The fourth-order valence-electron chi connectivity index (χ4n) is 4.95. The van der Waals surface area contributed by atoms with Crippen molar-refractivity contribution in [3.05, 3.63) is 93.0 Å².